The Hall–Kier alpha value is -3.08. The molecular weight excluding hydrogens is 308 g/mol. The van der Waals surface area contributed by atoms with Crippen molar-refractivity contribution in [3.05, 3.63) is 59.0 Å². The van der Waals surface area contributed by atoms with Gasteiger partial charge >= 0.3 is 0 Å². The molecule has 0 saturated carbocycles. The van der Waals surface area contributed by atoms with Gasteiger partial charge in [-0.25, -0.2) is 0 Å². The average molecular weight is 324 g/mol. The zero-order chi connectivity index (χ0) is 17.1. The molecule has 0 unspecified atom stereocenters. The molecule has 0 saturated heterocycles. The summed E-state index contributed by atoms with van der Waals surface area (Å²) >= 11 is 0. The van der Waals surface area contributed by atoms with Crippen molar-refractivity contribution >= 4 is 16.8 Å². The Bertz CT molecular complexity index is 938. The van der Waals surface area contributed by atoms with E-state index in [1.807, 2.05) is 0 Å². The van der Waals surface area contributed by atoms with Gasteiger partial charge in [0.05, 0.1) is 18.1 Å². The summed E-state index contributed by atoms with van der Waals surface area (Å²) in [7, 11) is 1.59. The van der Waals surface area contributed by atoms with Gasteiger partial charge in [0.15, 0.2) is 11.2 Å². The van der Waals surface area contributed by atoms with Gasteiger partial charge in [-0.3, -0.25) is 9.59 Å². The van der Waals surface area contributed by atoms with Gasteiger partial charge in [0, 0.05) is 6.07 Å². The van der Waals surface area contributed by atoms with Crippen LogP contribution in [0.5, 0.6) is 11.5 Å². The molecule has 5 nitrogen and oxygen atoms in total. The second-order valence-electron chi connectivity index (χ2n) is 5.36. The van der Waals surface area contributed by atoms with Gasteiger partial charge in [-0.1, -0.05) is 12.1 Å². The first kappa shape index (κ1) is 15.8. The molecule has 0 amide bonds. The number of carbonyl (C=O) groups is 1. The van der Waals surface area contributed by atoms with Crippen LogP contribution in [0.15, 0.2) is 57.9 Å². The van der Waals surface area contributed by atoms with Crippen LogP contribution in [0.1, 0.15) is 6.92 Å². The molecule has 0 fully saturated rings. The third-order valence-corrected chi connectivity index (χ3v) is 3.59. The van der Waals surface area contributed by atoms with Gasteiger partial charge in [-0.05, 0) is 36.8 Å². The highest BCUT2D eigenvalue weighted by atomic mass is 16.5. The Morgan fingerprint density at radius 3 is 2.46 bits per heavy atom. The van der Waals surface area contributed by atoms with E-state index in [9.17, 15) is 9.59 Å². The smallest absolute Gasteiger partial charge is 0.200 e. The van der Waals surface area contributed by atoms with Crippen molar-refractivity contribution in [1.82, 2.24) is 0 Å². The molecule has 1 aromatic heterocycles. The van der Waals surface area contributed by atoms with Crippen molar-refractivity contribution in [2.75, 3.05) is 13.7 Å². The topological polar surface area (TPSA) is 65.7 Å². The average Bonchev–Trinajstić information content (AvgIpc) is 2.60. The van der Waals surface area contributed by atoms with Crippen molar-refractivity contribution in [2.24, 2.45) is 0 Å². The monoisotopic (exact) mass is 324 g/mol. The molecule has 3 rings (SSSR count). The van der Waals surface area contributed by atoms with E-state index >= 15 is 0 Å². The maximum atomic E-state index is 12.7. The SMILES string of the molecule is COc1ccc(-c2coc3cc(OCC(C)=O)ccc3c2=O)cc1. The summed E-state index contributed by atoms with van der Waals surface area (Å²) in [4.78, 5) is 23.6. The van der Waals surface area contributed by atoms with Crippen molar-refractivity contribution < 1.29 is 18.7 Å². The van der Waals surface area contributed by atoms with Crippen LogP contribution in [-0.4, -0.2) is 19.5 Å². The van der Waals surface area contributed by atoms with Gasteiger partial charge in [-0.2, -0.15) is 0 Å². The number of hydrogen-bond donors (Lipinski definition) is 0. The molecule has 0 N–H and O–H groups in total. The lowest BCUT2D eigenvalue weighted by atomic mass is 10.1. The van der Waals surface area contributed by atoms with E-state index in [-0.39, 0.29) is 17.8 Å². The fraction of sp³-hybridized carbons (Fsp3) is 0.158. The second kappa shape index (κ2) is 6.58. The second-order valence-corrected chi connectivity index (χ2v) is 5.36. The zero-order valence-corrected chi connectivity index (χ0v) is 13.4. The van der Waals surface area contributed by atoms with Crippen LogP contribution in [0.3, 0.4) is 0 Å². The van der Waals surface area contributed by atoms with E-state index < -0.39 is 0 Å². The molecule has 0 aliphatic heterocycles. The minimum atomic E-state index is -0.125. The highest BCUT2D eigenvalue weighted by Gasteiger charge is 2.10. The molecule has 24 heavy (non-hydrogen) atoms. The Labute approximate surface area is 138 Å². The van der Waals surface area contributed by atoms with Crippen LogP contribution in [0.25, 0.3) is 22.1 Å². The predicted molar refractivity (Wildman–Crippen MR) is 90.6 cm³/mol. The van der Waals surface area contributed by atoms with E-state index in [1.54, 1.807) is 49.6 Å². The lowest BCUT2D eigenvalue weighted by molar-refractivity contribution is -0.118. The van der Waals surface area contributed by atoms with Crippen molar-refractivity contribution in [2.45, 2.75) is 6.92 Å². The van der Waals surface area contributed by atoms with Crippen LogP contribution in [0, 0.1) is 0 Å². The molecule has 3 aromatic rings. The first-order chi connectivity index (χ1) is 11.6. The summed E-state index contributed by atoms with van der Waals surface area (Å²) < 4.78 is 16.0. The normalized spacial score (nSPS) is 10.6. The minimum Gasteiger partial charge on any atom is -0.497 e. The third-order valence-electron chi connectivity index (χ3n) is 3.59. The summed E-state index contributed by atoms with van der Waals surface area (Å²) in [6.45, 7) is 1.43. The highest BCUT2D eigenvalue weighted by Crippen LogP contribution is 2.24. The zero-order valence-electron chi connectivity index (χ0n) is 13.4. The van der Waals surface area contributed by atoms with Crippen LogP contribution < -0.4 is 14.9 Å². The molecule has 5 heteroatoms. The fourth-order valence-electron chi connectivity index (χ4n) is 2.35. The molecule has 122 valence electrons. The lowest BCUT2D eigenvalue weighted by Crippen LogP contribution is -2.07. The van der Waals surface area contributed by atoms with E-state index in [2.05, 4.69) is 0 Å². The van der Waals surface area contributed by atoms with Gasteiger partial charge in [-0.15, -0.1) is 0 Å². The summed E-state index contributed by atoms with van der Waals surface area (Å²) in [5.41, 5.74) is 1.52. The molecular formula is C19H16O5. The summed E-state index contributed by atoms with van der Waals surface area (Å²) in [6, 6.07) is 12.1. The number of fused-ring (bicyclic) bond motifs is 1. The number of Topliss-reactive ketones (excluding diaryl/α,β-unsaturated/α-hetero) is 1. The Kier molecular flexibility index (Phi) is 4.33. The molecule has 0 spiro atoms. The van der Waals surface area contributed by atoms with Crippen LogP contribution in [-0.2, 0) is 4.79 Å². The minimum absolute atomic E-state index is 0.0142. The summed E-state index contributed by atoms with van der Waals surface area (Å²) in [5, 5.41) is 0.457. The molecule has 0 bridgehead atoms. The Balaban J connectivity index is 1.99. The van der Waals surface area contributed by atoms with Crippen molar-refractivity contribution in [3.63, 3.8) is 0 Å². The molecule has 0 atom stereocenters. The Morgan fingerprint density at radius 1 is 1.08 bits per heavy atom. The lowest BCUT2D eigenvalue weighted by Gasteiger charge is -2.07. The number of hydrogen-bond acceptors (Lipinski definition) is 5. The van der Waals surface area contributed by atoms with E-state index in [0.29, 0.717) is 22.3 Å². The molecule has 1 heterocycles. The van der Waals surface area contributed by atoms with E-state index in [0.717, 1.165) is 11.3 Å². The molecule has 0 aliphatic carbocycles. The molecule has 0 radical (unpaired) electrons. The van der Waals surface area contributed by atoms with Gasteiger partial charge in [0.2, 0.25) is 0 Å². The number of ketones is 1. The number of methoxy groups -OCH3 is 1. The van der Waals surface area contributed by atoms with Crippen LogP contribution in [0.4, 0.5) is 0 Å². The fourth-order valence-corrected chi connectivity index (χ4v) is 2.35. The standard InChI is InChI=1S/C19H16O5/c1-12(20)10-23-15-7-8-16-18(9-15)24-11-17(19(16)21)13-3-5-14(22-2)6-4-13/h3-9,11H,10H2,1-2H3. The van der Waals surface area contributed by atoms with Gasteiger partial charge in [0.25, 0.3) is 0 Å². The van der Waals surface area contributed by atoms with Crippen molar-refractivity contribution in [1.29, 1.82) is 0 Å². The Morgan fingerprint density at radius 2 is 1.79 bits per heavy atom. The van der Waals surface area contributed by atoms with Crippen LogP contribution >= 0.6 is 0 Å². The maximum Gasteiger partial charge on any atom is 0.200 e. The maximum absolute atomic E-state index is 12.7. The molecule has 2 aromatic carbocycles. The highest BCUT2D eigenvalue weighted by molar-refractivity contribution is 5.83. The van der Waals surface area contributed by atoms with Crippen LogP contribution in [0.2, 0.25) is 0 Å². The predicted octanol–water partition coefficient (Wildman–Crippen LogP) is 3.44. The summed E-state index contributed by atoms with van der Waals surface area (Å²) in [6.07, 6.45) is 1.43. The number of carbonyl (C=O) groups excluding carboxylic acids is 1. The summed E-state index contributed by atoms with van der Waals surface area (Å²) in [5.74, 6) is 1.13. The first-order valence-corrected chi connectivity index (χ1v) is 7.40. The van der Waals surface area contributed by atoms with Gasteiger partial charge in [0.1, 0.15) is 30.0 Å². The first-order valence-electron chi connectivity index (χ1n) is 7.40. The third kappa shape index (κ3) is 3.15. The molecule has 0 aliphatic rings. The van der Waals surface area contributed by atoms with E-state index in [4.69, 9.17) is 13.9 Å². The quantitative estimate of drug-likeness (QED) is 0.719. The van der Waals surface area contributed by atoms with E-state index in [1.165, 1.54) is 13.2 Å². The largest absolute Gasteiger partial charge is 0.497 e. The van der Waals surface area contributed by atoms with Gasteiger partial charge < -0.3 is 13.9 Å². The number of benzene rings is 2. The van der Waals surface area contributed by atoms with Crippen molar-refractivity contribution in [3.8, 4) is 22.6 Å². The number of ether oxygens (including phenoxy) is 2. The number of rotatable bonds is 5.